The third-order valence-corrected chi connectivity index (χ3v) is 5.31. The molecule has 0 N–H and O–H groups in total. The summed E-state index contributed by atoms with van der Waals surface area (Å²) in [5.41, 5.74) is 2.96. The molecule has 2 aromatic rings. The van der Waals surface area contributed by atoms with Crippen LogP contribution in [0.3, 0.4) is 0 Å². The Kier molecular flexibility index (Phi) is 3.91. The highest BCUT2D eigenvalue weighted by Gasteiger charge is 2.41. The number of hydrogen-bond acceptors (Lipinski definition) is 5. The van der Waals surface area contributed by atoms with Gasteiger partial charge in [0.2, 0.25) is 5.89 Å². The van der Waals surface area contributed by atoms with Gasteiger partial charge >= 0.3 is 0 Å². The van der Waals surface area contributed by atoms with E-state index in [2.05, 4.69) is 21.6 Å². The minimum absolute atomic E-state index is 0.0143. The van der Waals surface area contributed by atoms with Crippen molar-refractivity contribution in [3.05, 3.63) is 34.7 Å². The van der Waals surface area contributed by atoms with E-state index >= 15 is 0 Å². The van der Waals surface area contributed by atoms with Crippen molar-refractivity contribution in [1.82, 2.24) is 19.6 Å². The van der Waals surface area contributed by atoms with Crippen LogP contribution in [0.25, 0.3) is 0 Å². The Bertz CT molecular complexity index is 805. The van der Waals surface area contributed by atoms with Crippen molar-refractivity contribution in [2.24, 2.45) is 0 Å². The van der Waals surface area contributed by atoms with Gasteiger partial charge < -0.3 is 18.7 Å². The maximum Gasteiger partial charge on any atom is 0.256 e. The average molecular weight is 344 g/mol. The Morgan fingerprint density at radius 2 is 2.08 bits per heavy atom. The molecular formula is C18H24N4O3. The first-order chi connectivity index (χ1) is 12.0. The third kappa shape index (κ3) is 2.76. The number of methoxy groups -OCH3 is 1. The van der Waals surface area contributed by atoms with Gasteiger partial charge in [0.05, 0.1) is 11.7 Å². The standard InChI is InChI=1S/C18H24N4O3/c1-10-7-15(11(2)22(10)13-5-6-13)18(23)21-9-14(24-4)8-16(21)17-19-12(3)20-25-17/h7,13-14,16H,5-6,8-9H2,1-4H3/t14-,16-/m1/s1. The van der Waals surface area contributed by atoms with E-state index in [1.54, 1.807) is 14.0 Å². The molecule has 1 amide bonds. The van der Waals surface area contributed by atoms with Gasteiger partial charge in [-0.2, -0.15) is 4.98 Å². The normalized spacial score (nSPS) is 23.4. The molecule has 0 aromatic carbocycles. The molecule has 0 bridgehead atoms. The van der Waals surface area contributed by atoms with Crippen LogP contribution < -0.4 is 0 Å². The molecule has 2 fully saturated rings. The van der Waals surface area contributed by atoms with Gasteiger partial charge in [-0.3, -0.25) is 4.79 Å². The Labute approximate surface area is 146 Å². The van der Waals surface area contributed by atoms with Crippen LogP contribution in [0.1, 0.15) is 64.8 Å². The molecular weight excluding hydrogens is 320 g/mol. The van der Waals surface area contributed by atoms with Crippen molar-refractivity contribution in [2.45, 2.75) is 58.2 Å². The molecule has 0 spiro atoms. The summed E-state index contributed by atoms with van der Waals surface area (Å²) in [6, 6.07) is 2.33. The SMILES string of the molecule is CO[C@@H]1C[C@H](c2nc(C)no2)N(C(=O)c2cc(C)n(C3CC3)c2C)C1. The van der Waals surface area contributed by atoms with E-state index in [4.69, 9.17) is 9.26 Å². The number of carbonyl (C=O) groups is 1. The van der Waals surface area contributed by atoms with Crippen LogP contribution >= 0.6 is 0 Å². The highest BCUT2D eigenvalue weighted by Crippen LogP contribution is 2.40. The summed E-state index contributed by atoms with van der Waals surface area (Å²) in [7, 11) is 1.67. The molecule has 1 saturated carbocycles. The molecule has 1 saturated heterocycles. The van der Waals surface area contributed by atoms with Crippen molar-refractivity contribution in [3.63, 3.8) is 0 Å². The number of nitrogens with zero attached hydrogens (tertiary/aromatic N) is 4. The highest BCUT2D eigenvalue weighted by atomic mass is 16.5. The van der Waals surface area contributed by atoms with E-state index in [0.29, 0.717) is 30.7 Å². The van der Waals surface area contributed by atoms with Gasteiger partial charge in [-0.25, -0.2) is 0 Å². The van der Waals surface area contributed by atoms with E-state index in [-0.39, 0.29) is 18.1 Å². The van der Waals surface area contributed by atoms with Gasteiger partial charge in [-0.15, -0.1) is 0 Å². The van der Waals surface area contributed by atoms with E-state index in [1.807, 2.05) is 17.9 Å². The van der Waals surface area contributed by atoms with Crippen LogP contribution in [0.5, 0.6) is 0 Å². The van der Waals surface area contributed by atoms with E-state index in [1.165, 1.54) is 12.8 Å². The molecule has 3 heterocycles. The number of ether oxygens (including phenoxy) is 1. The lowest BCUT2D eigenvalue weighted by atomic mass is 10.1. The summed E-state index contributed by atoms with van der Waals surface area (Å²) < 4.78 is 13.1. The fourth-order valence-corrected chi connectivity index (χ4v) is 3.92. The molecule has 1 aliphatic heterocycles. The van der Waals surface area contributed by atoms with Crippen molar-refractivity contribution >= 4 is 5.91 Å². The molecule has 2 atom stereocenters. The van der Waals surface area contributed by atoms with Gasteiger partial charge in [-0.1, -0.05) is 5.16 Å². The first kappa shape index (κ1) is 16.3. The fourth-order valence-electron chi connectivity index (χ4n) is 3.92. The topological polar surface area (TPSA) is 73.4 Å². The highest BCUT2D eigenvalue weighted by molar-refractivity contribution is 5.96. The van der Waals surface area contributed by atoms with E-state index in [9.17, 15) is 4.79 Å². The minimum atomic E-state index is -0.234. The molecule has 0 unspecified atom stereocenters. The van der Waals surface area contributed by atoms with Crippen molar-refractivity contribution in [3.8, 4) is 0 Å². The molecule has 1 aliphatic carbocycles. The van der Waals surface area contributed by atoms with Crippen LogP contribution in [0, 0.1) is 20.8 Å². The lowest BCUT2D eigenvalue weighted by Gasteiger charge is -2.21. The predicted molar refractivity (Wildman–Crippen MR) is 90.4 cm³/mol. The lowest BCUT2D eigenvalue weighted by molar-refractivity contribution is 0.0670. The van der Waals surface area contributed by atoms with Crippen LogP contribution in [-0.2, 0) is 4.74 Å². The van der Waals surface area contributed by atoms with Crippen LogP contribution in [0.2, 0.25) is 0 Å². The van der Waals surface area contributed by atoms with Gasteiger partial charge in [-0.05, 0) is 39.7 Å². The Morgan fingerprint density at radius 1 is 1.32 bits per heavy atom. The number of likely N-dealkylation sites (tertiary alicyclic amines) is 1. The maximum absolute atomic E-state index is 13.3. The van der Waals surface area contributed by atoms with Gasteiger partial charge in [0.15, 0.2) is 5.82 Å². The molecule has 4 rings (SSSR count). The minimum Gasteiger partial charge on any atom is -0.380 e. The first-order valence-corrected chi connectivity index (χ1v) is 8.82. The molecule has 7 nitrogen and oxygen atoms in total. The zero-order valence-electron chi connectivity index (χ0n) is 15.2. The smallest absolute Gasteiger partial charge is 0.256 e. The zero-order valence-corrected chi connectivity index (χ0v) is 15.2. The molecule has 2 aromatic heterocycles. The number of aryl methyl sites for hydroxylation is 2. The summed E-state index contributed by atoms with van der Waals surface area (Å²) in [5, 5.41) is 3.88. The largest absolute Gasteiger partial charge is 0.380 e. The summed E-state index contributed by atoms with van der Waals surface area (Å²) >= 11 is 0. The maximum atomic E-state index is 13.3. The lowest BCUT2D eigenvalue weighted by Crippen LogP contribution is -2.32. The fraction of sp³-hybridized carbons (Fsp3) is 0.611. The second kappa shape index (κ2) is 5.98. The first-order valence-electron chi connectivity index (χ1n) is 8.82. The van der Waals surface area contributed by atoms with Crippen molar-refractivity contribution in [1.29, 1.82) is 0 Å². The number of hydrogen-bond donors (Lipinski definition) is 0. The van der Waals surface area contributed by atoms with Crippen LogP contribution in [0.4, 0.5) is 0 Å². The molecule has 2 aliphatic rings. The van der Waals surface area contributed by atoms with Crippen molar-refractivity contribution < 1.29 is 14.1 Å². The van der Waals surface area contributed by atoms with E-state index in [0.717, 1.165) is 17.0 Å². The molecule has 7 heteroatoms. The second-order valence-electron chi connectivity index (χ2n) is 7.13. The predicted octanol–water partition coefficient (Wildman–Crippen LogP) is 2.73. The molecule has 134 valence electrons. The number of rotatable bonds is 4. The summed E-state index contributed by atoms with van der Waals surface area (Å²) in [6.45, 7) is 6.43. The summed E-state index contributed by atoms with van der Waals surface area (Å²) in [5.74, 6) is 1.08. The zero-order chi connectivity index (χ0) is 17.7. The van der Waals surface area contributed by atoms with Crippen LogP contribution in [0.15, 0.2) is 10.6 Å². The summed E-state index contributed by atoms with van der Waals surface area (Å²) in [4.78, 5) is 19.5. The Morgan fingerprint density at radius 3 is 2.68 bits per heavy atom. The van der Waals surface area contributed by atoms with Gasteiger partial charge in [0.25, 0.3) is 5.91 Å². The monoisotopic (exact) mass is 344 g/mol. The van der Waals surface area contributed by atoms with Crippen LogP contribution in [-0.4, -0.2) is 45.3 Å². The average Bonchev–Trinajstić information content (AvgIpc) is 3.04. The Hall–Kier alpha value is -2.15. The number of amides is 1. The molecule has 0 radical (unpaired) electrons. The Balaban J connectivity index is 1.66. The summed E-state index contributed by atoms with van der Waals surface area (Å²) in [6.07, 6.45) is 3.05. The molecule has 25 heavy (non-hydrogen) atoms. The number of aromatic nitrogens is 3. The van der Waals surface area contributed by atoms with Gasteiger partial charge in [0.1, 0.15) is 6.04 Å². The number of carbonyl (C=O) groups excluding carboxylic acids is 1. The van der Waals surface area contributed by atoms with E-state index < -0.39 is 0 Å². The second-order valence-corrected chi connectivity index (χ2v) is 7.13. The quantitative estimate of drug-likeness (QED) is 0.853. The van der Waals surface area contributed by atoms with Gasteiger partial charge in [0, 0.05) is 37.5 Å². The third-order valence-electron chi connectivity index (χ3n) is 5.31. The van der Waals surface area contributed by atoms with Crippen molar-refractivity contribution in [2.75, 3.05) is 13.7 Å².